The summed E-state index contributed by atoms with van der Waals surface area (Å²) in [5, 5.41) is 0. The standard InChI is InChI=1S/C8H7Br2F3N2O2/c1-17-6(16)4-5(9)15(7(10)14-4)3-2-8(11,12)13/h2-3H2,1H3. The summed E-state index contributed by atoms with van der Waals surface area (Å²) >= 11 is 5.99. The Bertz CT molecular complexity index is 431. The van der Waals surface area contributed by atoms with Gasteiger partial charge in [0.25, 0.3) is 0 Å². The van der Waals surface area contributed by atoms with Crippen molar-refractivity contribution >= 4 is 37.8 Å². The fourth-order valence-electron chi connectivity index (χ4n) is 1.06. The van der Waals surface area contributed by atoms with Crippen LogP contribution in [0.3, 0.4) is 0 Å². The molecule has 0 saturated heterocycles. The van der Waals surface area contributed by atoms with Crippen molar-refractivity contribution < 1.29 is 22.7 Å². The lowest BCUT2D eigenvalue weighted by atomic mass is 10.4. The number of imidazole rings is 1. The van der Waals surface area contributed by atoms with E-state index in [0.29, 0.717) is 0 Å². The van der Waals surface area contributed by atoms with E-state index in [-0.39, 0.29) is 21.6 Å². The molecule has 0 aliphatic carbocycles. The summed E-state index contributed by atoms with van der Waals surface area (Å²) < 4.78 is 42.2. The maximum atomic E-state index is 12.1. The third-order valence-electron chi connectivity index (χ3n) is 1.86. The van der Waals surface area contributed by atoms with Crippen molar-refractivity contribution in [3.05, 3.63) is 15.0 Å². The van der Waals surface area contributed by atoms with Crippen LogP contribution >= 0.6 is 31.9 Å². The number of carbonyl (C=O) groups is 1. The molecule has 0 bridgehead atoms. The van der Waals surface area contributed by atoms with Crippen LogP contribution in [0.5, 0.6) is 0 Å². The van der Waals surface area contributed by atoms with Gasteiger partial charge in [-0.25, -0.2) is 9.78 Å². The van der Waals surface area contributed by atoms with E-state index in [1.54, 1.807) is 0 Å². The van der Waals surface area contributed by atoms with Gasteiger partial charge < -0.3 is 9.30 Å². The van der Waals surface area contributed by atoms with Crippen LogP contribution in [0.15, 0.2) is 9.34 Å². The van der Waals surface area contributed by atoms with E-state index < -0.39 is 18.6 Å². The van der Waals surface area contributed by atoms with Crippen LogP contribution in [0, 0.1) is 0 Å². The number of aromatic nitrogens is 2. The third kappa shape index (κ3) is 3.70. The Hall–Kier alpha value is -0.570. The Morgan fingerprint density at radius 1 is 1.47 bits per heavy atom. The Balaban J connectivity index is 2.94. The minimum absolute atomic E-state index is 0.0680. The van der Waals surface area contributed by atoms with Crippen molar-refractivity contribution in [1.82, 2.24) is 9.55 Å². The monoisotopic (exact) mass is 378 g/mol. The lowest BCUT2D eigenvalue weighted by Crippen LogP contribution is -2.13. The highest BCUT2D eigenvalue weighted by Gasteiger charge is 2.28. The van der Waals surface area contributed by atoms with E-state index in [9.17, 15) is 18.0 Å². The molecule has 0 spiro atoms. The summed E-state index contributed by atoms with van der Waals surface area (Å²) in [7, 11) is 1.16. The number of rotatable bonds is 3. The number of methoxy groups -OCH3 is 1. The first kappa shape index (κ1) is 14.5. The van der Waals surface area contributed by atoms with Crippen LogP contribution in [0.1, 0.15) is 16.9 Å². The van der Waals surface area contributed by atoms with E-state index in [1.165, 1.54) is 4.57 Å². The van der Waals surface area contributed by atoms with Gasteiger partial charge in [-0.1, -0.05) is 0 Å². The summed E-state index contributed by atoms with van der Waals surface area (Å²) in [5.74, 6) is -0.719. The Labute approximate surface area is 111 Å². The van der Waals surface area contributed by atoms with E-state index >= 15 is 0 Å². The number of nitrogens with zero attached hydrogens (tertiary/aromatic N) is 2. The van der Waals surface area contributed by atoms with Crippen LogP contribution in [0.25, 0.3) is 0 Å². The molecule has 96 valence electrons. The summed E-state index contributed by atoms with van der Waals surface area (Å²) in [6.07, 6.45) is -5.28. The van der Waals surface area contributed by atoms with Crippen LogP contribution in [0.2, 0.25) is 0 Å². The van der Waals surface area contributed by atoms with Gasteiger partial charge in [-0.15, -0.1) is 0 Å². The molecule has 0 fully saturated rings. The molecule has 0 unspecified atom stereocenters. The van der Waals surface area contributed by atoms with Gasteiger partial charge in [0.1, 0.15) is 4.60 Å². The number of alkyl halides is 3. The molecular formula is C8H7Br2F3N2O2. The smallest absolute Gasteiger partial charge is 0.390 e. The second-order valence-electron chi connectivity index (χ2n) is 3.03. The zero-order chi connectivity index (χ0) is 13.2. The van der Waals surface area contributed by atoms with Crippen LogP contribution < -0.4 is 0 Å². The van der Waals surface area contributed by atoms with Gasteiger partial charge >= 0.3 is 12.1 Å². The van der Waals surface area contributed by atoms with Crippen LogP contribution in [-0.2, 0) is 11.3 Å². The molecule has 0 atom stereocenters. The Kier molecular flexibility index (Phi) is 4.59. The Morgan fingerprint density at radius 2 is 2.06 bits per heavy atom. The van der Waals surface area contributed by atoms with E-state index in [4.69, 9.17) is 0 Å². The largest absolute Gasteiger partial charge is 0.464 e. The van der Waals surface area contributed by atoms with Crippen LogP contribution in [0.4, 0.5) is 13.2 Å². The summed E-state index contributed by atoms with van der Waals surface area (Å²) in [5.41, 5.74) is -0.0680. The Morgan fingerprint density at radius 3 is 2.53 bits per heavy atom. The minimum Gasteiger partial charge on any atom is -0.464 e. The van der Waals surface area contributed by atoms with Gasteiger partial charge in [-0.05, 0) is 31.9 Å². The zero-order valence-electron chi connectivity index (χ0n) is 8.51. The summed E-state index contributed by atoms with van der Waals surface area (Å²) in [6, 6.07) is 0. The fourth-order valence-corrected chi connectivity index (χ4v) is 2.43. The fraction of sp³-hybridized carbons (Fsp3) is 0.500. The number of carbonyl (C=O) groups excluding carboxylic acids is 1. The first-order chi connectivity index (χ1) is 7.76. The van der Waals surface area contributed by atoms with Gasteiger partial charge in [-0.3, -0.25) is 0 Å². The minimum atomic E-state index is -4.27. The van der Waals surface area contributed by atoms with Gasteiger partial charge in [0.15, 0.2) is 10.4 Å². The number of hydrogen-bond acceptors (Lipinski definition) is 3. The van der Waals surface area contributed by atoms with Gasteiger partial charge in [0.2, 0.25) is 0 Å². The molecule has 1 heterocycles. The van der Waals surface area contributed by atoms with Crippen LogP contribution in [-0.4, -0.2) is 28.8 Å². The highest BCUT2D eigenvalue weighted by atomic mass is 79.9. The van der Waals surface area contributed by atoms with Crippen molar-refractivity contribution in [3.63, 3.8) is 0 Å². The number of ether oxygens (including phenoxy) is 1. The molecule has 4 nitrogen and oxygen atoms in total. The predicted octanol–water partition coefficient (Wildman–Crippen LogP) is 3.15. The maximum absolute atomic E-state index is 12.1. The van der Waals surface area contributed by atoms with Crippen molar-refractivity contribution in [3.8, 4) is 0 Å². The van der Waals surface area contributed by atoms with Gasteiger partial charge in [-0.2, -0.15) is 13.2 Å². The number of halogens is 5. The molecule has 0 amide bonds. The summed E-state index contributed by atoms with van der Waals surface area (Å²) in [4.78, 5) is 15.0. The molecular weight excluding hydrogens is 373 g/mol. The van der Waals surface area contributed by atoms with Crippen molar-refractivity contribution in [2.75, 3.05) is 7.11 Å². The highest BCUT2D eigenvalue weighted by Crippen LogP contribution is 2.27. The van der Waals surface area contributed by atoms with Crippen molar-refractivity contribution in [2.45, 2.75) is 19.1 Å². The maximum Gasteiger partial charge on any atom is 0.390 e. The molecule has 0 radical (unpaired) electrons. The molecule has 0 aliphatic rings. The second kappa shape index (κ2) is 5.38. The molecule has 17 heavy (non-hydrogen) atoms. The average Bonchev–Trinajstić information content (AvgIpc) is 2.49. The quantitative estimate of drug-likeness (QED) is 0.758. The molecule has 0 aromatic carbocycles. The predicted molar refractivity (Wildman–Crippen MR) is 59.6 cm³/mol. The van der Waals surface area contributed by atoms with Gasteiger partial charge in [0, 0.05) is 6.54 Å². The number of hydrogen-bond donors (Lipinski definition) is 0. The second-order valence-corrected chi connectivity index (χ2v) is 4.49. The molecule has 0 aliphatic heterocycles. The molecule has 0 saturated carbocycles. The molecule has 1 aromatic rings. The van der Waals surface area contributed by atoms with E-state index in [0.717, 1.165) is 7.11 Å². The zero-order valence-corrected chi connectivity index (χ0v) is 11.7. The van der Waals surface area contributed by atoms with E-state index in [2.05, 4.69) is 41.6 Å². The lowest BCUT2D eigenvalue weighted by Gasteiger charge is -2.08. The normalized spacial score (nSPS) is 11.6. The van der Waals surface area contributed by atoms with E-state index in [1.807, 2.05) is 0 Å². The summed E-state index contributed by atoms with van der Waals surface area (Å²) in [6.45, 7) is -0.339. The first-order valence-corrected chi connectivity index (χ1v) is 5.91. The topological polar surface area (TPSA) is 44.1 Å². The lowest BCUT2D eigenvalue weighted by molar-refractivity contribution is -0.136. The van der Waals surface area contributed by atoms with Gasteiger partial charge in [0.05, 0.1) is 13.5 Å². The highest BCUT2D eigenvalue weighted by molar-refractivity contribution is 9.11. The third-order valence-corrected chi connectivity index (χ3v) is 3.27. The molecule has 0 N–H and O–H groups in total. The molecule has 9 heteroatoms. The molecule has 1 rings (SSSR count). The molecule has 1 aromatic heterocycles. The van der Waals surface area contributed by atoms with Crippen molar-refractivity contribution in [1.29, 1.82) is 0 Å². The first-order valence-electron chi connectivity index (χ1n) is 4.33. The van der Waals surface area contributed by atoms with Crippen molar-refractivity contribution in [2.24, 2.45) is 0 Å². The number of esters is 1. The SMILES string of the molecule is COC(=O)c1nc(Br)n(CCC(F)(F)F)c1Br. The average molecular weight is 380 g/mol.